The van der Waals surface area contributed by atoms with Gasteiger partial charge in [-0.3, -0.25) is 34.6 Å². The minimum atomic E-state index is -1.03. The van der Waals surface area contributed by atoms with E-state index < -0.39 is 44.5 Å². The van der Waals surface area contributed by atoms with Crippen LogP contribution in [0, 0.1) is 49.3 Å². The fourth-order valence-corrected chi connectivity index (χ4v) is 8.79. The summed E-state index contributed by atoms with van der Waals surface area (Å²) in [7, 11) is 8.07. The number of nitro groups is 2. The van der Waals surface area contributed by atoms with Crippen LogP contribution in [0.4, 0.5) is 44.7 Å². The molecule has 0 aliphatic rings. The molecule has 0 spiro atoms. The maximum absolute atomic E-state index is 13.1. The third kappa shape index (κ3) is 60.9. The Morgan fingerprint density at radius 3 is 1.18 bits per heavy atom. The number of nitrogen functional groups attached to an aromatic ring is 1. The van der Waals surface area contributed by atoms with E-state index in [0.29, 0.717) is 74.8 Å². The van der Waals surface area contributed by atoms with E-state index in [2.05, 4.69) is 113 Å². The number of phenolic OH excluding ortho intramolecular Hbond substituents is 2. The summed E-state index contributed by atoms with van der Waals surface area (Å²) in [5.41, 5.74) is 7.63. The summed E-state index contributed by atoms with van der Waals surface area (Å²) in [5, 5.41) is 59.5. The minimum absolute atomic E-state index is 0. The van der Waals surface area contributed by atoms with Crippen molar-refractivity contribution in [1.29, 1.82) is 0 Å². The molecule has 0 aliphatic heterocycles. The molecule has 0 bridgehead atoms. The van der Waals surface area contributed by atoms with Gasteiger partial charge >= 0.3 is 144 Å². The molecule has 0 aromatic heterocycles. The number of aromatic hydroxyl groups is 2. The van der Waals surface area contributed by atoms with Gasteiger partial charge in [0.25, 0.3) is 6.47 Å². The van der Waals surface area contributed by atoms with Gasteiger partial charge in [-0.25, -0.2) is 17.6 Å². The molecule has 0 unspecified atom stereocenters. The topological polar surface area (TPSA) is 342 Å². The number of hydrogen-bond donors (Lipinski definition) is 5. The van der Waals surface area contributed by atoms with Crippen molar-refractivity contribution in [3.63, 3.8) is 0 Å². The number of nitrogens with one attached hydrogen (secondary N) is 1. The molecule has 0 saturated carbocycles. The Hall–Kier alpha value is -5.33. The summed E-state index contributed by atoms with van der Waals surface area (Å²) in [6.45, 7) is 4.37. The van der Waals surface area contributed by atoms with Crippen LogP contribution in [0.15, 0.2) is 249 Å². The van der Waals surface area contributed by atoms with E-state index in [0.717, 1.165) is 69.0 Å². The molecule has 0 fully saturated rings. The van der Waals surface area contributed by atoms with Crippen molar-refractivity contribution in [3.05, 3.63) is 315 Å². The van der Waals surface area contributed by atoms with Crippen LogP contribution >= 0.6 is 118 Å². The standard InChI is InChI=1S/C14H12FNO2.C12H8FNO3.C12H10FNO.C9H11BrO2.C9H12O3.C8H9BrO2.C6H3F2NO2.C6H6O.C2H3ClO.C2H6S.CH2O3.CH4.Br3P.HI.2K.Na.H/c1-10(17)16-13-9-11(15)7-8-14(13)18-12-5-3-2-4-6-12;13-9-6-7-12(11(8-9)14(15)16)17-10-4-2-1-3-5-10;13-9-6-7-12(11(14)8-9)15-10-4-2-1-3-5-10;2*1-11-8-3-4-9(12-2)7(5-8)6-10;1-11-7-2-3-8(10)6(4-7)5-9;7-4-1-2-5(8)6(3-4)9(10)11;7-6-4-2-1-3-5-6;1-2(3)4;1-2-3;2-1-4-3;;1-4(2)3;;;;;/h2-9H,1H3,(H,16,17);1-8H;1-8H,14H2;3-5H,6H2,1-2H3;3-5,10H,6H2,1-2H3;2-4,10H,5H2,1H3;1-3H;1-5,7H;1H3;3H,2H2,1H3;1,3H;1H4;;1H;;;;/q;;;;;;;;;;;;;;3*+1;-1/p-2. The molecule has 6 N–H and O–H groups in total. The fourth-order valence-electron chi connectivity index (χ4n) is 7.90. The third-order valence-corrected chi connectivity index (χ3v) is 14.1. The number of aliphatic hydroxyl groups is 1. The van der Waals surface area contributed by atoms with Gasteiger partial charge in [-0.2, -0.15) is 10.1 Å². The van der Waals surface area contributed by atoms with Gasteiger partial charge in [0.2, 0.25) is 22.7 Å². The molecule has 11 aromatic carbocycles. The predicted molar refractivity (Wildman–Crippen MR) is 489 cm³/mol. The molecule has 11 rings (SSSR count). The van der Waals surface area contributed by atoms with Crippen LogP contribution in [0.1, 0.15) is 46.3 Å². The number of nitro benzene ring substituents is 2. The van der Waals surface area contributed by atoms with Crippen molar-refractivity contribution in [2.45, 2.75) is 45.5 Å². The van der Waals surface area contributed by atoms with Crippen LogP contribution in [0.2, 0.25) is 0 Å². The van der Waals surface area contributed by atoms with Crippen molar-refractivity contribution in [2.24, 2.45) is 0 Å². The number of aliphatic hydroxyl groups excluding tert-OH is 1. The quantitative estimate of drug-likeness (QED) is 0.00433. The number of carbonyl (C=O) groups excluding carboxylic acids is 3. The Labute approximate surface area is 889 Å². The predicted octanol–water partition coefficient (Wildman–Crippen LogP) is 15.2. The summed E-state index contributed by atoms with van der Waals surface area (Å²) in [5.74, 6) is 4.38. The molecule has 24 nitrogen and oxygen atoms in total. The number of hydrogen-bond acceptors (Lipinski definition) is 22. The van der Waals surface area contributed by atoms with Gasteiger partial charge < -0.3 is 88.5 Å². The van der Waals surface area contributed by atoms with Crippen molar-refractivity contribution >= 4 is 171 Å². The number of amides is 1. The third-order valence-electron chi connectivity index (χ3n) is 12.9. The summed E-state index contributed by atoms with van der Waals surface area (Å²) >= 11 is 25.2. The van der Waals surface area contributed by atoms with Gasteiger partial charge in [-0.05, 0) is 210 Å². The molecule has 1 amide bonds. The second-order valence-corrected chi connectivity index (χ2v) is 38.8. The van der Waals surface area contributed by atoms with Crippen molar-refractivity contribution in [3.8, 4) is 74.7 Å². The van der Waals surface area contributed by atoms with Crippen LogP contribution < -0.4 is 187 Å². The van der Waals surface area contributed by atoms with Gasteiger partial charge in [-0.15, -0.1) is 24.0 Å². The number of carbonyl (C=O) groups is 3. The molecule has 0 radical (unpaired) electrons. The maximum Gasteiger partial charge on any atom is 1.00 e. The first-order valence-electron chi connectivity index (χ1n) is 33.1. The first kappa shape index (κ1) is 128. The van der Waals surface area contributed by atoms with E-state index in [9.17, 15) is 56.9 Å². The number of methoxy groups -OCH3 is 5. The molecule has 652 valence electrons. The SMILES string of the molecule is BrP(Br)Br.C.CC(=O)Cl.CC(=O)Nc1cc(F)ccc1Oc1ccccc1.CC[S-].COc1ccc(O)c(CBr)c1.COc1ccc(OC)c(CBr)c1.COc1ccc(OC)c(CO)c1.I.Nc1cc(F)ccc1Oc1ccccc1.O=CO[O-].O=[N+]([O-])c1cc(F)ccc1F.O=[N+]([O-])c1cc(F)ccc1Oc1ccccc1.Oc1ccccc1.[H-].[K+].[K+].[Na+]. The summed E-state index contributed by atoms with van der Waals surface area (Å²) in [6.07, 6.45) is 0. The van der Waals surface area contributed by atoms with Crippen LogP contribution in [-0.2, 0) is 49.2 Å². The van der Waals surface area contributed by atoms with Gasteiger partial charge in [0.1, 0.15) is 84.8 Å². The number of anilines is 2. The summed E-state index contributed by atoms with van der Waals surface area (Å²) < 4.78 is 105. The van der Waals surface area contributed by atoms with Gasteiger partial charge in [-0.1, -0.05) is 119 Å². The molecule has 0 atom stereocenters. The van der Waals surface area contributed by atoms with E-state index in [4.69, 9.17) is 63.9 Å². The zero-order chi connectivity index (χ0) is 88.9. The molecule has 41 heteroatoms. The number of nitrogens with two attached hydrogens (primary N) is 1. The summed E-state index contributed by atoms with van der Waals surface area (Å²) in [4.78, 5) is 50.5. The van der Waals surface area contributed by atoms with Crippen molar-refractivity contribution in [2.75, 3.05) is 52.4 Å². The fraction of sp³-hybridized carbons (Fsp3) is 0.159. The second kappa shape index (κ2) is 78.9. The molecule has 11 aromatic rings. The Morgan fingerprint density at radius 1 is 0.520 bits per heavy atom. The number of halogens is 12. The van der Waals surface area contributed by atoms with Crippen LogP contribution in [0.25, 0.3) is 0 Å². The number of ether oxygens (including phenoxy) is 8. The first-order valence-corrected chi connectivity index (χ1v) is 43.7. The smallest absolute Gasteiger partial charge is 1.00 e. The zero-order valence-electron chi connectivity index (χ0n) is 68.3. The molecule has 123 heavy (non-hydrogen) atoms. The molecular weight excluding hydrogens is 2180 g/mol. The van der Waals surface area contributed by atoms with Crippen LogP contribution in [-0.4, -0.2) is 84.1 Å². The molecular formula is C82H86Br5ClF5IK2N4NaO20PS. The number of alkyl halides is 2. The van der Waals surface area contributed by atoms with E-state index >= 15 is 0 Å². The van der Waals surface area contributed by atoms with Crippen molar-refractivity contribution < 1.29 is 243 Å². The average Bonchev–Trinajstić information content (AvgIpc) is 1.02. The minimum Gasteiger partial charge on any atom is -1.00 e. The van der Waals surface area contributed by atoms with E-state index in [-0.39, 0.29) is 205 Å². The Bertz CT molecular complexity index is 4690. The molecule has 0 saturated heterocycles. The van der Waals surface area contributed by atoms with Crippen LogP contribution in [0.3, 0.4) is 0 Å². The second-order valence-electron chi connectivity index (χ2n) is 21.2. The van der Waals surface area contributed by atoms with Gasteiger partial charge in [0, 0.05) is 53.3 Å². The normalized spacial score (nSPS) is 8.93. The summed E-state index contributed by atoms with van der Waals surface area (Å²) in [6, 6.07) is 65.1. The number of nitrogens with zero attached hydrogens (tertiary/aromatic N) is 2. The van der Waals surface area contributed by atoms with E-state index in [1.807, 2.05) is 79.7 Å². The number of phenols is 2. The van der Waals surface area contributed by atoms with E-state index in [1.54, 1.807) is 139 Å². The van der Waals surface area contributed by atoms with Gasteiger partial charge in [0.15, 0.2) is 11.5 Å². The monoisotopic (exact) mass is 2260 g/mol. The van der Waals surface area contributed by atoms with Gasteiger partial charge in [0.05, 0.1) is 75.5 Å². The first-order chi connectivity index (χ1) is 56.3. The molecule has 0 heterocycles. The average molecular weight is 2270 g/mol. The number of benzene rings is 11. The Balaban J connectivity index is -0.000000247. The Morgan fingerprint density at radius 2 is 0.837 bits per heavy atom. The zero-order valence-corrected chi connectivity index (χ0v) is 88.2. The largest absolute Gasteiger partial charge is 1.00 e. The maximum atomic E-state index is 13.1. The Kier molecular flexibility index (Phi) is 82.4. The van der Waals surface area contributed by atoms with Crippen molar-refractivity contribution in [1.82, 2.24) is 0 Å². The molecule has 0 aliphatic carbocycles. The number of para-hydroxylation sites is 4. The van der Waals surface area contributed by atoms with E-state index in [1.165, 1.54) is 56.3 Å². The van der Waals surface area contributed by atoms with Crippen LogP contribution in [0.5, 0.6) is 74.7 Å². The number of rotatable bonds is 18.